The molecule has 0 spiro atoms. The van der Waals surface area contributed by atoms with Gasteiger partial charge in [-0.05, 0) is 41.3 Å². The topological polar surface area (TPSA) is 70.5 Å². The van der Waals surface area contributed by atoms with E-state index in [1.165, 1.54) is 29.2 Å². The Morgan fingerprint density at radius 2 is 1.71 bits per heavy atom. The number of benzene rings is 2. The number of Topliss-reactive ketones (excluding diaryl/α,β-unsaturated/α-hetero) is 1. The number of pyridine rings is 1. The Morgan fingerprint density at radius 1 is 1.00 bits per heavy atom. The second-order valence-corrected chi connectivity index (χ2v) is 7.42. The number of carbonyl (C=O) groups is 2. The third kappa shape index (κ3) is 4.38. The number of hydrogen-bond donors (Lipinski definition) is 1. The molecule has 0 bridgehead atoms. The molecule has 1 aliphatic rings. The van der Waals surface area contributed by atoms with Crippen LogP contribution in [-0.4, -0.2) is 26.7 Å². The van der Waals surface area contributed by atoms with Crippen LogP contribution in [0.5, 0.6) is 0 Å². The van der Waals surface area contributed by atoms with Crippen LogP contribution in [0, 0.1) is 5.82 Å². The van der Waals surface area contributed by atoms with Gasteiger partial charge in [0.15, 0.2) is 11.5 Å². The van der Waals surface area contributed by atoms with Crippen molar-refractivity contribution in [1.82, 2.24) is 9.88 Å². The number of carbonyl (C=O) groups excluding carboxylic acids is 2. The maximum Gasteiger partial charge on any atom is 0.290 e. The van der Waals surface area contributed by atoms with Gasteiger partial charge in [0.05, 0.1) is 11.6 Å². The molecule has 1 unspecified atom stereocenters. The van der Waals surface area contributed by atoms with Crippen molar-refractivity contribution in [3.63, 3.8) is 0 Å². The Balaban J connectivity index is 1.66. The summed E-state index contributed by atoms with van der Waals surface area (Å²) in [4.78, 5) is 31.6. The molecule has 0 saturated heterocycles. The van der Waals surface area contributed by atoms with Gasteiger partial charge >= 0.3 is 0 Å². The van der Waals surface area contributed by atoms with Crippen molar-refractivity contribution in [2.75, 3.05) is 0 Å². The first-order chi connectivity index (χ1) is 15.0. The number of ketones is 1. The average molecular weight is 416 g/mol. The maximum absolute atomic E-state index is 13.5. The standard InChI is InChI=1S/C25H21FN2O3/c26-20-11-9-19(10-12-20)23-22(21(29)13-8-17-5-2-1-3-6-17)24(30)25(31)28(23)16-18-7-4-14-27-15-18/h1-7,9-12,14-15,23,30H,8,13,16H2. The molecule has 6 heteroatoms. The first-order valence-electron chi connectivity index (χ1n) is 10.00. The average Bonchev–Trinajstić information content (AvgIpc) is 3.04. The monoisotopic (exact) mass is 416 g/mol. The fourth-order valence-electron chi connectivity index (χ4n) is 3.82. The highest BCUT2D eigenvalue weighted by atomic mass is 19.1. The summed E-state index contributed by atoms with van der Waals surface area (Å²) in [5, 5.41) is 10.6. The smallest absolute Gasteiger partial charge is 0.290 e. The lowest BCUT2D eigenvalue weighted by Crippen LogP contribution is -2.30. The van der Waals surface area contributed by atoms with Crippen LogP contribution in [-0.2, 0) is 22.6 Å². The zero-order valence-corrected chi connectivity index (χ0v) is 16.7. The summed E-state index contributed by atoms with van der Waals surface area (Å²) in [5.41, 5.74) is 2.36. The van der Waals surface area contributed by atoms with Gasteiger partial charge < -0.3 is 10.0 Å². The van der Waals surface area contributed by atoms with Gasteiger partial charge in [0, 0.05) is 25.4 Å². The van der Waals surface area contributed by atoms with Gasteiger partial charge in [0.1, 0.15) is 5.82 Å². The zero-order chi connectivity index (χ0) is 21.8. The lowest BCUT2D eigenvalue weighted by Gasteiger charge is -2.27. The number of rotatable bonds is 7. The van der Waals surface area contributed by atoms with E-state index < -0.39 is 23.5 Å². The molecule has 1 N–H and O–H groups in total. The molecule has 4 rings (SSSR count). The molecule has 1 amide bonds. The number of aryl methyl sites for hydroxylation is 1. The molecule has 1 aromatic heterocycles. The van der Waals surface area contributed by atoms with E-state index in [0.717, 1.165) is 11.1 Å². The molecule has 5 nitrogen and oxygen atoms in total. The van der Waals surface area contributed by atoms with E-state index in [1.54, 1.807) is 18.5 Å². The third-order valence-electron chi connectivity index (χ3n) is 5.35. The summed E-state index contributed by atoms with van der Waals surface area (Å²) in [6, 6.07) is 17.9. The van der Waals surface area contributed by atoms with Crippen molar-refractivity contribution >= 4 is 11.7 Å². The number of hydrogen-bond acceptors (Lipinski definition) is 4. The van der Waals surface area contributed by atoms with Crippen LogP contribution in [0.25, 0.3) is 0 Å². The fourth-order valence-corrected chi connectivity index (χ4v) is 3.82. The van der Waals surface area contributed by atoms with Gasteiger partial charge in [-0.25, -0.2) is 4.39 Å². The van der Waals surface area contributed by atoms with E-state index >= 15 is 0 Å². The zero-order valence-electron chi connectivity index (χ0n) is 16.7. The minimum atomic E-state index is -0.795. The normalized spacial score (nSPS) is 16.1. The lowest BCUT2D eigenvalue weighted by atomic mass is 9.93. The van der Waals surface area contributed by atoms with Crippen molar-refractivity contribution in [1.29, 1.82) is 0 Å². The molecular formula is C25H21FN2O3. The largest absolute Gasteiger partial charge is 0.503 e. The van der Waals surface area contributed by atoms with E-state index in [9.17, 15) is 19.1 Å². The summed E-state index contributed by atoms with van der Waals surface area (Å²) >= 11 is 0. The number of aromatic nitrogens is 1. The van der Waals surface area contributed by atoms with Crippen molar-refractivity contribution in [2.24, 2.45) is 0 Å². The molecule has 2 aromatic carbocycles. The number of halogens is 1. The number of nitrogens with zero attached hydrogens (tertiary/aromatic N) is 2. The van der Waals surface area contributed by atoms with Gasteiger partial charge in [0.2, 0.25) is 0 Å². The van der Waals surface area contributed by atoms with Crippen molar-refractivity contribution in [3.05, 3.63) is 113 Å². The van der Waals surface area contributed by atoms with Gasteiger partial charge in [0.25, 0.3) is 5.91 Å². The minimum absolute atomic E-state index is 0.0522. The number of aliphatic hydroxyl groups is 1. The lowest BCUT2D eigenvalue weighted by molar-refractivity contribution is -0.130. The number of aliphatic hydroxyl groups excluding tert-OH is 1. The van der Waals surface area contributed by atoms with Crippen LogP contribution in [0.2, 0.25) is 0 Å². The molecule has 3 aromatic rings. The van der Waals surface area contributed by atoms with Gasteiger partial charge in [-0.3, -0.25) is 14.6 Å². The Kier molecular flexibility index (Phi) is 5.89. The first kappa shape index (κ1) is 20.5. The van der Waals surface area contributed by atoms with E-state index in [0.29, 0.717) is 12.0 Å². The minimum Gasteiger partial charge on any atom is -0.503 e. The predicted molar refractivity (Wildman–Crippen MR) is 113 cm³/mol. The van der Waals surface area contributed by atoms with Crippen LogP contribution < -0.4 is 0 Å². The molecular weight excluding hydrogens is 395 g/mol. The van der Waals surface area contributed by atoms with Crippen molar-refractivity contribution in [2.45, 2.75) is 25.4 Å². The maximum atomic E-state index is 13.5. The summed E-state index contributed by atoms with van der Waals surface area (Å²) in [7, 11) is 0. The van der Waals surface area contributed by atoms with Crippen LogP contribution >= 0.6 is 0 Å². The predicted octanol–water partition coefficient (Wildman–Crippen LogP) is 4.32. The van der Waals surface area contributed by atoms with Crippen LogP contribution in [0.4, 0.5) is 4.39 Å². The highest BCUT2D eigenvalue weighted by Gasteiger charge is 2.43. The molecule has 0 saturated carbocycles. The Hall–Kier alpha value is -3.80. The first-order valence-corrected chi connectivity index (χ1v) is 10.00. The van der Waals surface area contributed by atoms with E-state index in [1.807, 2.05) is 36.4 Å². The van der Waals surface area contributed by atoms with Crippen LogP contribution in [0.1, 0.15) is 29.2 Å². The summed E-state index contributed by atoms with van der Waals surface area (Å²) < 4.78 is 13.5. The van der Waals surface area contributed by atoms with E-state index in [4.69, 9.17) is 0 Å². The van der Waals surface area contributed by atoms with E-state index in [2.05, 4.69) is 4.98 Å². The van der Waals surface area contributed by atoms with Crippen molar-refractivity contribution < 1.29 is 19.1 Å². The molecule has 31 heavy (non-hydrogen) atoms. The SMILES string of the molecule is O=C(CCc1ccccc1)C1=C(O)C(=O)N(Cc2cccnc2)C1c1ccc(F)cc1. The van der Waals surface area contributed by atoms with Crippen molar-refractivity contribution in [3.8, 4) is 0 Å². The second kappa shape index (κ2) is 8.92. The van der Waals surface area contributed by atoms with Crippen LogP contribution in [0.3, 0.4) is 0 Å². The van der Waals surface area contributed by atoms with Crippen LogP contribution in [0.15, 0.2) is 90.5 Å². The Morgan fingerprint density at radius 3 is 2.39 bits per heavy atom. The molecule has 1 aliphatic heterocycles. The van der Waals surface area contributed by atoms with Gasteiger partial charge in [-0.1, -0.05) is 48.5 Å². The van der Waals surface area contributed by atoms with Gasteiger partial charge in [-0.15, -0.1) is 0 Å². The summed E-state index contributed by atoms with van der Waals surface area (Å²) in [5.74, 6) is -1.90. The highest BCUT2D eigenvalue weighted by molar-refractivity contribution is 6.09. The molecule has 2 heterocycles. The van der Waals surface area contributed by atoms with E-state index in [-0.39, 0.29) is 24.3 Å². The Labute approximate surface area is 179 Å². The second-order valence-electron chi connectivity index (χ2n) is 7.42. The van der Waals surface area contributed by atoms with Gasteiger partial charge in [-0.2, -0.15) is 0 Å². The third-order valence-corrected chi connectivity index (χ3v) is 5.35. The summed E-state index contributed by atoms with van der Waals surface area (Å²) in [6.07, 6.45) is 3.89. The molecule has 0 fully saturated rings. The molecule has 1 atom stereocenters. The summed E-state index contributed by atoms with van der Waals surface area (Å²) in [6.45, 7) is 0.161. The molecule has 156 valence electrons. The molecule has 0 radical (unpaired) electrons. The Bertz CT molecular complexity index is 1110. The fraction of sp³-hybridized carbons (Fsp3) is 0.160. The number of amides is 1. The quantitative estimate of drug-likeness (QED) is 0.623. The molecule has 0 aliphatic carbocycles. The highest BCUT2D eigenvalue weighted by Crippen LogP contribution is 2.39.